The van der Waals surface area contributed by atoms with Gasteiger partial charge in [0.1, 0.15) is 11.6 Å². The molecule has 0 saturated heterocycles. The van der Waals surface area contributed by atoms with E-state index in [9.17, 15) is 14.4 Å². The third kappa shape index (κ3) is 4.15. The van der Waals surface area contributed by atoms with Crippen LogP contribution in [0.1, 0.15) is 26.7 Å². The molecule has 1 aromatic carbocycles. The van der Waals surface area contributed by atoms with Gasteiger partial charge in [0.2, 0.25) is 5.91 Å². The zero-order valence-corrected chi connectivity index (χ0v) is 13.6. The molecule has 0 aliphatic carbocycles. The van der Waals surface area contributed by atoms with Crippen LogP contribution < -0.4 is 10.9 Å². The molecular formula is C16H20N4O4. The van der Waals surface area contributed by atoms with Crippen LogP contribution >= 0.6 is 0 Å². The Balaban J connectivity index is 1.95. The van der Waals surface area contributed by atoms with Crippen molar-refractivity contribution in [1.29, 1.82) is 0 Å². The van der Waals surface area contributed by atoms with Crippen molar-refractivity contribution in [2.75, 3.05) is 0 Å². The Morgan fingerprint density at radius 1 is 1.29 bits per heavy atom. The first-order chi connectivity index (χ1) is 11.4. The van der Waals surface area contributed by atoms with Gasteiger partial charge in [0.25, 0.3) is 5.56 Å². The minimum atomic E-state index is -1.06. The fourth-order valence-corrected chi connectivity index (χ4v) is 2.32. The topological polar surface area (TPSA) is 114 Å². The lowest BCUT2D eigenvalue weighted by molar-refractivity contribution is -0.143. The molecule has 0 bridgehead atoms. The van der Waals surface area contributed by atoms with Gasteiger partial charge in [-0.3, -0.25) is 9.59 Å². The van der Waals surface area contributed by atoms with Gasteiger partial charge in [-0.25, -0.2) is 9.48 Å². The van der Waals surface area contributed by atoms with Gasteiger partial charge in [0.05, 0.1) is 5.39 Å². The average molecular weight is 332 g/mol. The van der Waals surface area contributed by atoms with E-state index in [2.05, 4.69) is 15.6 Å². The van der Waals surface area contributed by atoms with Gasteiger partial charge in [-0.05, 0) is 24.5 Å². The second kappa shape index (κ2) is 7.67. The fourth-order valence-electron chi connectivity index (χ4n) is 2.32. The van der Waals surface area contributed by atoms with E-state index < -0.39 is 12.0 Å². The highest BCUT2D eigenvalue weighted by atomic mass is 16.4. The van der Waals surface area contributed by atoms with E-state index in [1.165, 1.54) is 4.68 Å². The van der Waals surface area contributed by atoms with Crippen molar-refractivity contribution in [3.05, 3.63) is 34.6 Å². The van der Waals surface area contributed by atoms with Gasteiger partial charge in [-0.2, -0.15) is 0 Å². The first kappa shape index (κ1) is 17.6. The maximum Gasteiger partial charge on any atom is 0.326 e. The van der Waals surface area contributed by atoms with E-state index >= 15 is 0 Å². The molecule has 1 aromatic heterocycles. The highest BCUT2D eigenvalue weighted by Crippen LogP contribution is 2.05. The minimum absolute atomic E-state index is 0.109. The molecule has 24 heavy (non-hydrogen) atoms. The number of aliphatic carboxylic acids is 1. The SMILES string of the molecule is CC(C)[C@@H](NC(=O)CCCn1nnc2ccccc2c1=O)C(=O)O. The molecule has 0 saturated carbocycles. The number of hydrogen-bond donors (Lipinski definition) is 2. The molecule has 2 rings (SSSR count). The number of carboxylic acid groups (broad SMARTS) is 1. The van der Waals surface area contributed by atoms with Gasteiger partial charge < -0.3 is 10.4 Å². The first-order valence-corrected chi connectivity index (χ1v) is 7.75. The van der Waals surface area contributed by atoms with Crippen LogP contribution in [0, 0.1) is 5.92 Å². The predicted molar refractivity (Wildman–Crippen MR) is 87.4 cm³/mol. The van der Waals surface area contributed by atoms with Crippen molar-refractivity contribution < 1.29 is 14.7 Å². The van der Waals surface area contributed by atoms with Crippen LogP contribution in [0.3, 0.4) is 0 Å². The molecule has 0 aliphatic heterocycles. The number of nitrogens with zero attached hydrogens (tertiary/aromatic N) is 3. The number of amides is 1. The quantitative estimate of drug-likeness (QED) is 0.775. The van der Waals surface area contributed by atoms with E-state index in [1.54, 1.807) is 38.1 Å². The minimum Gasteiger partial charge on any atom is -0.480 e. The van der Waals surface area contributed by atoms with Crippen LogP contribution in [0.15, 0.2) is 29.1 Å². The maximum absolute atomic E-state index is 12.2. The van der Waals surface area contributed by atoms with E-state index in [0.29, 0.717) is 17.3 Å². The molecule has 0 radical (unpaired) electrons. The second-order valence-corrected chi connectivity index (χ2v) is 5.87. The average Bonchev–Trinajstić information content (AvgIpc) is 2.54. The summed E-state index contributed by atoms with van der Waals surface area (Å²) in [6, 6.07) is 6.00. The standard InChI is InChI=1S/C16H20N4O4/c1-10(2)14(16(23)24)17-13(21)8-5-9-20-15(22)11-6-3-4-7-12(11)18-19-20/h3-4,6-7,10,14H,5,8-9H2,1-2H3,(H,17,21)(H,23,24)/t14-/m1/s1. The van der Waals surface area contributed by atoms with E-state index in [1.807, 2.05) is 0 Å². The molecule has 2 aromatic rings. The molecule has 1 amide bonds. The van der Waals surface area contributed by atoms with Gasteiger partial charge in [0.15, 0.2) is 0 Å². The first-order valence-electron chi connectivity index (χ1n) is 7.75. The molecular weight excluding hydrogens is 312 g/mol. The molecule has 8 heteroatoms. The third-order valence-corrected chi connectivity index (χ3v) is 3.65. The number of carboxylic acids is 1. The van der Waals surface area contributed by atoms with E-state index in [4.69, 9.17) is 5.11 Å². The van der Waals surface area contributed by atoms with Crippen LogP contribution in [0.4, 0.5) is 0 Å². The molecule has 0 spiro atoms. The Morgan fingerprint density at radius 2 is 2.00 bits per heavy atom. The van der Waals surface area contributed by atoms with E-state index in [-0.39, 0.29) is 30.3 Å². The monoisotopic (exact) mass is 332 g/mol. The summed E-state index contributed by atoms with van der Waals surface area (Å²) in [4.78, 5) is 35.2. The van der Waals surface area contributed by atoms with Gasteiger partial charge >= 0.3 is 5.97 Å². The normalized spacial score (nSPS) is 12.3. The van der Waals surface area contributed by atoms with E-state index in [0.717, 1.165) is 0 Å². The molecule has 2 N–H and O–H groups in total. The fraction of sp³-hybridized carbons (Fsp3) is 0.438. The summed E-state index contributed by atoms with van der Waals surface area (Å²) in [6.07, 6.45) is 0.473. The Labute approximate surface area is 138 Å². The molecule has 0 fully saturated rings. The van der Waals surface area contributed by atoms with Gasteiger partial charge in [-0.15, -0.1) is 5.10 Å². The molecule has 1 atom stereocenters. The molecule has 0 aliphatic rings. The molecule has 1 heterocycles. The molecule has 8 nitrogen and oxygen atoms in total. The van der Waals surface area contributed by atoms with Crippen LogP contribution in [-0.2, 0) is 16.1 Å². The lowest BCUT2D eigenvalue weighted by Gasteiger charge is -2.17. The summed E-state index contributed by atoms with van der Waals surface area (Å²) < 4.78 is 1.22. The van der Waals surface area contributed by atoms with Crippen LogP contribution in [0.5, 0.6) is 0 Å². The van der Waals surface area contributed by atoms with Crippen molar-refractivity contribution >= 4 is 22.8 Å². The van der Waals surface area contributed by atoms with Crippen molar-refractivity contribution in [3.8, 4) is 0 Å². The third-order valence-electron chi connectivity index (χ3n) is 3.65. The number of carbonyl (C=O) groups excluding carboxylic acids is 1. The second-order valence-electron chi connectivity index (χ2n) is 5.87. The molecule has 128 valence electrons. The Bertz CT molecular complexity index is 800. The summed E-state index contributed by atoms with van der Waals surface area (Å²) in [5, 5.41) is 19.8. The summed E-state index contributed by atoms with van der Waals surface area (Å²) in [5.74, 6) is -1.63. The summed E-state index contributed by atoms with van der Waals surface area (Å²) in [7, 11) is 0. The zero-order valence-electron chi connectivity index (χ0n) is 13.6. The number of aryl methyl sites for hydroxylation is 1. The van der Waals surface area contributed by atoms with Crippen LogP contribution in [0.2, 0.25) is 0 Å². The lowest BCUT2D eigenvalue weighted by atomic mass is 10.0. The number of carbonyl (C=O) groups is 2. The molecule has 0 unspecified atom stereocenters. The van der Waals surface area contributed by atoms with Crippen molar-refractivity contribution in [2.45, 2.75) is 39.3 Å². The van der Waals surface area contributed by atoms with Crippen molar-refractivity contribution in [3.63, 3.8) is 0 Å². The van der Waals surface area contributed by atoms with Gasteiger partial charge in [0, 0.05) is 13.0 Å². The lowest BCUT2D eigenvalue weighted by Crippen LogP contribution is -2.44. The highest BCUT2D eigenvalue weighted by Gasteiger charge is 2.23. The number of hydrogen-bond acceptors (Lipinski definition) is 5. The Kier molecular flexibility index (Phi) is 5.62. The number of nitrogens with one attached hydrogen (secondary N) is 1. The highest BCUT2D eigenvalue weighted by molar-refractivity contribution is 5.83. The largest absolute Gasteiger partial charge is 0.480 e. The predicted octanol–water partition coefficient (Wildman–Crippen LogP) is 0.797. The van der Waals surface area contributed by atoms with Crippen molar-refractivity contribution in [1.82, 2.24) is 20.3 Å². The number of benzene rings is 1. The maximum atomic E-state index is 12.2. The number of aromatic nitrogens is 3. The Morgan fingerprint density at radius 3 is 2.67 bits per heavy atom. The summed E-state index contributed by atoms with van der Waals surface area (Å²) in [5.41, 5.74) is 0.268. The van der Waals surface area contributed by atoms with Gasteiger partial charge in [-0.1, -0.05) is 31.2 Å². The smallest absolute Gasteiger partial charge is 0.326 e. The summed E-state index contributed by atoms with van der Waals surface area (Å²) >= 11 is 0. The summed E-state index contributed by atoms with van der Waals surface area (Å²) in [6.45, 7) is 3.69. The zero-order chi connectivity index (χ0) is 17.7. The van der Waals surface area contributed by atoms with Crippen molar-refractivity contribution in [2.24, 2.45) is 5.92 Å². The van der Waals surface area contributed by atoms with Crippen LogP contribution in [-0.4, -0.2) is 38.0 Å². The Hall–Kier alpha value is -2.77. The van der Waals surface area contributed by atoms with Crippen LogP contribution in [0.25, 0.3) is 10.9 Å². The number of rotatable bonds is 7. The number of fused-ring (bicyclic) bond motifs is 1.